The van der Waals surface area contributed by atoms with Crippen LogP contribution in [-0.4, -0.2) is 22.7 Å². The predicted octanol–water partition coefficient (Wildman–Crippen LogP) is 4.77. The van der Waals surface area contributed by atoms with Gasteiger partial charge in [0.15, 0.2) is 0 Å². The Morgan fingerprint density at radius 3 is 2.28 bits per heavy atom. The normalized spacial score (nSPS) is 10.8. The number of benzene rings is 3. The van der Waals surface area contributed by atoms with Gasteiger partial charge in [-0.05, 0) is 73.2 Å². The summed E-state index contributed by atoms with van der Waals surface area (Å²) in [5.74, 6) is -0.299. The lowest BCUT2D eigenvalue weighted by Gasteiger charge is -2.09. The Kier molecular flexibility index (Phi) is 6.22. The molecule has 0 spiro atoms. The zero-order chi connectivity index (χ0) is 22.3. The van der Waals surface area contributed by atoms with Gasteiger partial charge in [-0.3, -0.25) is 4.79 Å². The Hall–Kier alpha value is -4.45. The second kappa shape index (κ2) is 9.57. The number of carbonyl (C=O) groups is 2. The Bertz CT molecular complexity index is 1240. The van der Waals surface area contributed by atoms with Gasteiger partial charge in [-0.25, -0.2) is 10.2 Å². The Labute approximate surface area is 185 Å². The molecule has 1 N–H and O–H groups in total. The number of hydrogen-bond donors (Lipinski definition) is 1. The van der Waals surface area contributed by atoms with Gasteiger partial charge in [0.1, 0.15) is 5.75 Å². The first-order chi connectivity index (χ1) is 15.6. The van der Waals surface area contributed by atoms with E-state index in [0.717, 1.165) is 16.8 Å². The fourth-order valence-corrected chi connectivity index (χ4v) is 3.09. The standard InChI is InChI=1S/C26H21N3O3/c1-19-8-12-21(13-9-19)26(31)32-22-14-10-20(11-15-22)18-27-28-25(30)23-6-2-3-7-24(23)29-16-4-5-17-29/h2-18H,1H3,(H,28,30)/b27-18+. The van der Waals surface area contributed by atoms with Crippen molar-refractivity contribution in [1.29, 1.82) is 0 Å². The molecule has 0 aliphatic carbocycles. The van der Waals surface area contributed by atoms with Crippen LogP contribution in [0.5, 0.6) is 5.75 Å². The van der Waals surface area contributed by atoms with Gasteiger partial charge in [-0.2, -0.15) is 5.10 Å². The lowest BCUT2D eigenvalue weighted by molar-refractivity contribution is 0.0734. The molecule has 158 valence electrons. The molecule has 3 aromatic carbocycles. The van der Waals surface area contributed by atoms with Gasteiger partial charge < -0.3 is 9.30 Å². The van der Waals surface area contributed by atoms with Gasteiger partial charge in [0.2, 0.25) is 0 Å². The Morgan fingerprint density at radius 1 is 0.875 bits per heavy atom. The van der Waals surface area contributed by atoms with Crippen molar-refractivity contribution in [2.75, 3.05) is 0 Å². The minimum Gasteiger partial charge on any atom is -0.423 e. The number of esters is 1. The van der Waals surface area contributed by atoms with Crippen molar-refractivity contribution in [3.05, 3.63) is 120 Å². The van der Waals surface area contributed by atoms with Crippen LogP contribution in [-0.2, 0) is 0 Å². The van der Waals surface area contributed by atoms with Crippen molar-refractivity contribution in [1.82, 2.24) is 9.99 Å². The average molecular weight is 423 g/mol. The number of rotatable bonds is 6. The highest BCUT2D eigenvalue weighted by Gasteiger charge is 2.11. The van der Waals surface area contributed by atoms with Crippen LogP contribution in [0.4, 0.5) is 0 Å². The zero-order valence-electron chi connectivity index (χ0n) is 17.4. The summed E-state index contributed by atoms with van der Waals surface area (Å²) in [6.07, 6.45) is 5.28. The van der Waals surface area contributed by atoms with E-state index in [1.807, 2.05) is 66.3 Å². The van der Waals surface area contributed by atoms with Crippen LogP contribution >= 0.6 is 0 Å². The van der Waals surface area contributed by atoms with E-state index < -0.39 is 5.97 Å². The third-order valence-corrected chi connectivity index (χ3v) is 4.79. The highest BCUT2D eigenvalue weighted by atomic mass is 16.5. The molecular formula is C26H21N3O3. The van der Waals surface area contributed by atoms with Gasteiger partial charge >= 0.3 is 5.97 Å². The number of hydrazone groups is 1. The topological polar surface area (TPSA) is 72.7 Å². The molecule has 32 heavy (non-hydrogen) atoms. The van der Waals surface area contributed by atoms with Crippen molar-refractivity contribution < 1.29 is 14.3 Å². The first-order valence-corrected chi connectivity index (χ1v) is 10.0. The lowest BCUT2D eigenvalue weighted by Crippen LogP contribution is -2.19. The Balaban J connectivity index is 1.37. The Morgan fingerprint density at radius 2 is 1.56 bits per heavy atom. The van der Waals surface area contributed by atoms with Gasteiger partial charge in [0.25, 0.3) is 5.91 Å². The number of hydrogen-bond acceptors (Lipinski definition) is 4. The number of aromatic nitrogens is 1. The molecule has 0 bridgehead atoms. The fraction of sp³-hybridized carbons (Fsp3) is 0.0385. The third kappa shape index (κ3) is 4.99. The quantitative estimate of drug-likeness (QED) is 0.210. The number of nitrogens with one attached hydrogen (secondary N) is 1. The highest BCUT2D eigenvalue weighted by Crippen LogP contribution is 2.16. The molecule has 0 aliphatic rings. The summed E-state index contributed by atoms with van der Waals surface area (Å²) >= 11 is 0. The number of aryl methyl sites for hydroxylation is 1. The van der Waals surface area contributed by atoms with E-state index in [2.05, 4.69) is 10.5 Å². The van der Waals surface area contributed by atoms with Gasteiger partial charge in [0, 0.05) is 12.4 Å². The summed E-state index contributed by atoms with van der Waals surface area (Å²) in [6, 6.07) is 25.1. The monoisotopic (exact) mass is 423 g/mol. The summed E-state index contributed by atoms with van der Waals surface area (Å²) in [5.41, 5.74) is 6.15. The minimum atomic E-state index is -0.417. The number of carbonyl (C=O) groups excluding carboxylic acids is 2. The van der Waals surface area contributed by atoms with Crippen molar-refractivity contribution in [2.24, 2.45) is 5.10 Å². The molecule has 6 heteroatoms. The summed E-state index contributed by atoms with van der Waals surface area (Å²) in [4.78, 5) is 24.8. The van der Waals surface area contributed by atoms with Crippen molar-refractivity contribution in [3.63, 3.8) is 0 Å². The maximum absolute atomic E-state index is 12.6. The van der Waals surface area contributed by atoms with Gasteiger partial charge in [-0.1, -0.05) is 29.8 Å². The van der Waals surface area contributed by atoms with E-state index in [1.165, 1.54) is 6.21 Å². The molecule has 0 unspecified atom stereocenters. The smallest absolute Gasteiger partial charge is 0.343 e. The summed E-state index contributed by atoms with van der Waals surface area (Å²) in [5, 5.41) is 4.05. The number of para-hydroxylation sites is 1. The summed E-state index contributed by atoms with van der Waals surface area (Å²) in [6.45, 7) is 1.96. The second-order valence-electron chi connectivity index (χ2n) is 7.13. The molecule has 0 radical (unpaired) electrons. The lowest BCUT2D eigenvalue weighted by atomic mass is 10.1. The summed E-state index contributed by atoms with van der Waals surface area (Å²) < 4.78 is 7.26. The fourth-order valence-electron chi connectivity index (χ4n) is 3.09. The maximum Gasteiger partial charge on any atom is 0.343 e. The molecule has 0 aliphatic heterocycles. The number of ether oxygens (including phenoxy) is 1. The van der Waals surface area contributed by atoms with Crippen LogP contribution in [0.3, 0.4) is 0 Å². The van der Waals surface area contributed by atoms with E-state index in [9.17, 15) is 9.59 Å². The first-order valence-electron chi connectivity index (χ1n) is 10.0. The molecule has 0 fully saturated rings. The van der Waals surface area contributed by atoms with Crippen LogP contribution < -0.4 is 10.2 Å². The van der Waals surface area contributed by atoms with Crippen LogP contribution in [0, 0.1) is 6.92 Å². The molecule has 1 amide bonds. The van der Waals surface area contributed by atoms with Crippen molar-refractivity contribution in [2.45, 2.75) is 6.92 Å². The summed E-state index contributed by atoms with van der Waals surface area (Å²) in [7, 11) is 0. The van der Waals surface area contributed by atoms with Crippen LogP contribution in [0.1, 0.15) is 31.8 Å². The average Bonchev–Trinajstić information content (AvgIpc) is 3.35. The second-order valence-corrected chi connectivity index (χ2v) is 7.13. The van der Waals surface area contributed by atoms with E-state index in [-0.39, 0.29) is 5.91 Å². The molecular weight excluding hydrogens is 402 g/mol. The highest BCUT2D eigenvalue weighted by molar-refractivity contribution is 5.98. The van der Waals surface area contributed by atoms with E-state index >= 15 is 0 Å². The van der Waals surface area contributed by atoms with Crippen molar-refractivity contribution >= 4 is 18.1 Å². The van der Waals surface area contributed by atoms with Crippen LogP contribution in [0.25, 0.3) is 5.69 Å². The maximum atomic E-state index is 12.6. The molecule has 1 heterocycles. The predicted molar refractivity (Wildman–Crippen MR) is 123 cm³/mol. The number of amides is 1. The molecule has 0 saturated heterocycles. The molecule has 4 rings (SSSR count). The van der Waals surface area contributed by atoms with Gasteiger partial charge in [0.05, 0.1) is 23.0 Å². The molecule has 6 nitrogen and oxygen atoms in total. The van der Waals surface area contributed by atoms with Crippen LogP contribution in [0.2, 0.25) is 0 Å². The molecule has 0 atom stereocenters. The first kappa shape index (κ1) is 20.8. The molecule has 1 aromatic heterocycles. The molecule has 0 saturated carbocycles. The minimum absolute atomic E-state index is 0.311. The molecule has 4 aromatic rings. The number of nitrogens with zero attached hydrogens (tertiary/aromatic N) is 2. The van der Waals surface area contributed by atoms with Gasteiger partial charge in [-0.15, -0.1) is 0 Å². The largest absolute Gasteiger partial charge is 0.423 e. The third-order valence-electron chi connectivity index (χ3n) is 4.79. The zero-order valence-corrected chi connectivity index (χ0v) is 17.4. The van der Waals surface area contributed by atoms with E-state index in [0.29, 0.717) is 16.9 Å². The van der Waals surface area contributed by atoms with E-state index in [1.54, 1.807) is 42.5 Å². The SMILES string of the molecule is Cc1ccc(C(=O)Oc2ccc(/C=N/NC(=O)c3ccccc3-n3cccc3)cc2)cc1. The van der Waals surface area contributed by atoms with Crippen LogP contribution in [0.15, 0.2) is 102 Å². The van der Waals surface area contributed by atoms with Crippen molar-refractivity contribution in [3.8, 4) is 11.4 Å². The van der Waals surface area contributed by atoms with E-state index in [4.69, 9.17) is 4.74 Å².